The lowest BCUT2D eigenvalue weighted by Crippen LogP contribution is -2.49. The fourth-order valence-corrected chi connectivity index (χ4v) is 2.24. The molecule has 0 radical (unpaired) electrons. The Hall–Kier alpha value is -2.44. The number of ether oxygens (including phenoxy) is 1. The third-order valence-corrected chi connectivity index (χ3v) is 3.45. The molecule has 7 heteroatoms. The second kappa shape index (κ2) is 5.68. The van der Waals surface area contributed by atoms with Gasteiger partial charge >= 0.3 is 5.97 Å². The van der Waals surface area contributed by atoms with Crippen LogP contribution >= 0.6 is 0 Å². The number of esters is 1. The summed E-state index contributed by atoms with van der Waals surface area (Å²) in [5, 5.41) is 15.6. The van der Waals surface area contributed by atoms with E-state index >= 15 is 0 Å². The predicted octanol–water partition coefficient (Wildman–Crippen LogP) is 0.850. The fraction of sp³-hybridized carbons (Fsp3) is 0.385. The summed E-state index contributed by atoms with van der Waals surface area (Å²) < 4.78 is 4.68. The highest BCUT2D eigenvalue weighted by atomic mass is 16.5. The average Bonchev–Trinajstić information content (AvgIpc) is 2.40. The van der Waals surface area contributed by atoms with Crippen molar-refractivity contribution >= 4 is 24.0 Å². The van der Waals surface area contributed by atoms with E-state index in [0.717, 1.165) is 6.34 Å². The summed E-state index contributed by atoms with van der Waals surface area (Å²) in [6, 6.07) is 4.98. The zero-order chi connectivity index (χ0) is 14.7. The Morgan fingerprint density at radius 1 is 1.55 bits per heavy atom. The molecule has 7 nitrogen and oxygen atoms in total. The number of rotatable bonds is 4. The second-order valence-corrected chi connectivity index (χ2v) is 4.68. The van der Waals surface area contributed by atoms with E-state index in [1.54, 1.807) is 18.2 Å². The molecule has 0 atom stereocenters. The van der Waals surface area contributed by atoms with Gasteiger partial charge in [0, 0.05) is 6.04 Å². The first-order chi connectivity index (χ1) is 9.56. The number of nitrogen functional groups attached to an aromatic ring is 1. The lowest BCUT2D eigenvalue weighted by molar-refractivity contribution is -0.149. The number of methoxy groups -OCH3 is 1. The Morgan fingerprint density at radius 3 is 2.80 bits per heavy atom. The number of carbonyl (C=O) groups is 1. The maximum Gasteiger partial charge on any atom is 0.308 e. The number of nitrogens with one attached hydrogen (secondary N) is 2. The Morgan fingerprint density at radius 2 is 2.25 bits per heavy atom. The summed E-state index contributed by atoms with van der Waals surface area (Å²) in [6.07, 6.45) is 2.24. The van der Waals surface area contributed by atoms with Crippen molar-refractivity contribution < 1.29 is 9.53 Å². The quantitative estimate of drug-likeness (QED) is 0.428. The summed E-state index contributed by atoms with van der Waals surface area (Å²) in [7, 11) is 1.36. The molecule has 106 valence electrons. The van der Waals surface area contributed by atoms with Crippen molar-refractivity contribution in [1.29, 1.82) is 10.8 Å². The van der Waals surface area contributed by atoms with Crippen molar-refractivity contribution in [3.05, 3.63) is 23.9 Å². The van der Waals surface area contributed by atoms with Crippen LogP contribution in [0.25, 0.3) is 0 Å². The summed E-state index contributed by atoms with van der Waals surface area (Å²) >= 11 is 0. The first-order valence-corrected chi connectivity index (χ1v) is 6.25. The van der Waals surface area contributed by atoms with Gasteiger partial charge in [0.05, 0.1) is 19.4 Å². The van der Waals surface area contributed by atoms with Gasteiger partial charge in [-0.3, -0.25) is 15.6 Å². The van der Waals surface area contributed by atoms with E-state index in [9.17, 15) is 4.79 Å². The monoisotopic (exact) mass is 275 g/mol. The van der Waals surface area contributed by atoms with Crippen molar-refractivity contribution in [1.82, 2.24) is 9.88 Å². The molecule has 2 rings (SSSR count). The van der Waals surface area contributed by atoms with Crippen molar-refractivity contribution in [2.75, 3.05) is 12.8 Å². The van der Waals surface area contributed by atoms with E-state index in [4.69, 9.17) is 16.6 Å². The number of pyridine rings is 1. The summed E-state index contributed by atoms with van der Waals surface area (Å²) in [5.41, 5.74) is 6.01. The Kier molecular flexibility index (Phi) is 3.97. The van der Waals surface area contributed by atoms with Gasteiger partial charge in [0.2, 0.25) is 0 Å². The highest BCUT2D eigenvalue weighted by Crippen LogP contribution is 2.32. The third kappa shape index (κ3) is 2.61. The zero-order valence-electron chi connectivity index (χ0n) is 11.2. The number of anilines is 1. The molecule has 1 aliphatic rings. The van der Waals surface area contributed by atoms with Crippen molar-refractivity contribution in [2.24, 2.45) is 5.92 Å². The second-order valence-electron chi connectivity index (χ2n) is 4.68. The third-order valence-electron chi connectivity index (χ3n) is 3.45. The summed E-state index contributed by atoms with van der Waals surface area (Å²) in [5.74, 6) is 0.0627. The first-order valence-electron chi connectivity index (χ1n) is 6.25. The average molecular weight is 275 g/mol. The number of carbonyl (C=O) groups excluding carboxylic acids is 1. The van der Waals surface area contributed by atoms with Gasteiger partial charge in [0.15, 0.2) is 5.84 Å². The van der Waals surface area contributed by atoms with Crippen molar-refractivity contribution in [3.8, 4) is 0 Å². The Bertz CT molecular complexity index is 539. The van der Waals surface area contributed by atoms with Crippen molar-refractivity contribution in [3.63, 3.8) is 0 Å². The Labute approximate surface area is 116 Å². The molecule has 0 aromatic carbocycles. The van der Waals surface area contributed by atoms with Crippen LogP contribution in [0.2, 0.25) is 0 Å². The van der Waals surface area contributed by atoms with Crippen molar-refractivity contribution in [2.45, 2.75) is 18.9 Å². The lowest BCUT2D eigenvalue weighted by atomic mass is 9.79. The smallest absolute Gasteiger partial charge is 0.308 e. The van der Waals surface area contributed by atoms with Gasteiger partial charge in [0.1, 0.15) is 11.5 Å². The Balaban J connectivity index is 2.05. The zero-order valence-corrected chi connectivity index (χ0v) is 11.2. The number of aromatic nitrogens is 1. The number of nitrogens with two attached hydrogens (primary N) is 1. The predicted molar refractivity (Wildman–Crippen MR) is 74.6 cm³/mol. The highest BCUT2D eigenvalue weighted by molar-refractivity contribution is 6.01. The van der Waals surface area contributed by atoms with Gasteiger partial charge in [-0.2, -0.15) is 0 Å². The largest absolute Gasteiger partial charge is 0.469 e. The maximum atomic E-state index is 11.4. The molecule has 1 aromatic heterocycles. The van der Waals surface area contributed by atoms with E-state index in [1.165, 1.54) is 12.0 Å². The van der Waals surface area contributed by atoms with Gasteiger partial charge in [0.25, 0.3) is 0 Å². The minimum atomic E-state index is -0.236. The van der Waals surface area contributed by atoms with Gasteiger partial charge in [-0.05, 0) is 25.0 Å². The summed E-state index contributed by atoms with van der Waals surface area (Å²) in [6.45, 7) is 0. The molecule has 4 N–H and O–H groups in total. The minimum Gasteiger partial charge on any atom is -0.469 e. The van der Waals surface area contributed by atoms with Gasteiger partial charge in [-0.15, -0.1) is 0 Å². The molecule has 0 amide bonds. The highest BCUT2D eigenvalue weighted by Gasteiger charge is 2.39. The van der Waals surface area contributed by atoms with Crippen LogP contribution in [0.1, 0.15) is 18.5 Å². The van der Waals surface area contributed by atoms with Gasteiger partial charge < -0.3 is 15.4 Å². The fourth-order valence-electron chi connectivity index (χ4n) is 2.24. The minimum absolute atomic E-state index is 0.0488. The van der Waals surface area contributed by atoms with Crippen LogP contribution in [0.15, 0.2) is 18.2 Å². The van der Waals surface area contributed by atoms with Crippen LogP contribution in [-0.4, -0.2) is 41.2 Å². The molecular weight excluding hydrogens is 258 g/mol. The topological polar surface area (TPSA) is 116 Å². The first kappa shape index (κ1) is 14.0. The molecule has 0 unspecified atom stereocenters. The normalized spacial score (nSPS) is 20.6. The van der Waals surface area contributed by atoms with Crippen LogP contribution in [0.4, 0.5) is 5.82 Å². The van der Waals surface area contributed by atoms with Gasteiger partial charge in [-0.1, -0.05) is 6.07 Å². The standard InChI is InChI=1S/C13H17N5O2/c1-20-13(19)8-5-9(6-8)18(7-14)12(16)10-3-2-4-11(15)17-10/h2-4,7-9,14,16H,5-6H2,1H3,(H2,15,17). The van der Waals surface area contributed by atoms with Gasteiger partial charge in [-0.25, -0.2) is 4.98 Å². The molecule has 20 heavy (non-hydrogen) atoms. The molecule has 1 saturated carbocycles. The summed E-state index contributed by atoms with van der Waals surface area (Å²) in [4.78, 5) is 16.9. The maximum absolute atomic E-state index is 11.4. The number of nitrogens with zero attached hydrogens (tertiary/aromatic N) is 2. The van der Waals surface area contributed by atoms with E-state index in [1.807, 2.05) is 0 Å². The van der Waals surface area contributed by atoms with E-state index in [2.05, 4.69) is 9.72 Å². The van der Waals surface area contributed by atoms with E-state index in [-0.39, 0.29) is 23.8 Å². The van der Waals surface area contributed by atoms with Crippen LogP contribution in [0, 0.1) is 16.7 Å². The molecule has 0 saturated heterocycles. The molecule has 1 aromatic rings. The van der Waals surface area contributed by atoms with Crippen LogP contribution in [-0.2, 0) is 9.53 Å². The van der Waals surface area contributed by atoms with Crippen LogP contribution in [0.3, 0.4) is 0 Å². The lowest BCUT2D eigenvalue weighted by Gasteiger charge is -2.40. The van der Waals surface area contributed by atoms with Crippen LogP contribution in [0.5, 0.6) is 0 Å². The van der Waals surface area contributed by atoms with Crippen LogP contribution < -0.4 is 5.73 Å². The molecule has 1 aliphatic carbocycles. The number of hydrogen-bond donors (Lipinski definition) is 3. The van der Waals surface area contributed by atoms with E-state index < -0.39 is 0 Å². The molecule has 0 aliphatic heterocycles. The molecule has 1 heterocycles. The molecule has 1 fully saturated rings. The van der Waals surface area contributed by atoms with E-state index in [0.29, 0.717) is 24.4 Å². The number of hydrogen-bond acceptors (Lipinski definition) is 6. The molecule has 0 spiro atoms. The SMILES string of the molecule is COC(=O)C1CC(N(C=N)C(=N)c2cccc(N)n2)C1. The number of amidine groups is 1. The molecule has 0 bridgehead atoms. The molecular formula is C13H17N5O2.